The molecule has 9 heteroatoms. The predicted molar refractivity (Wildman–Crippen MR) is 131 cm³/mol. The van der Waals surface area contributed by atoms with Crippen LogP contribution >= 0.6 is 0 Å². The number of nitrogens with one attached hydrogen (secondary N) is 1. The van der Waals surface area contributed by atoms with Crippen LogP contribution in [0.15, 0.2) is 34.9 Å². The molecule has 2 aliphatic heterocycles. The van der Waals surface area contributed by atoms with E-state index in [9.17, 15) is 14.4 Å². The maximum absolute atomic E-state index is 14.3. The number of aryl methyl sites for hydroxylation is 1. The Balaban J connectivity index is 1.54. The van der Waals surface area contributed by atoms with Gasteiger partial charge in [0.2, 0.25) is 11.8 Å². The summed E-state index contributed by atoms with van der Waals surface area (Å²) in [5.41, 5.74) is 2.76. The fourth-order valence-corrected chi connectivity index (χ4v) is 5.77. The van der Waals surface area contributed by atoms with Crippen molar-refractivity contribution < 1.29 is 23.5 Å². The first-order valence-electron chi connectivity index (χ1n) is 12.9. The zero-order valence-corrected chi connectivity index (χ0v) is 21.1. The molecule has 1 aromatic carbocycles. The lowest BCUT2D eigenvalue weighted by atomic mass is 9.86. The van der Waals surface area contributed by atoms with Crippen molar-refractivity contribution in [2.45, 2.75) is 58.2 Å². The number of rotatable bonds is 6. The van der Waals surface area contributed by atoms with Gasteiger partial charge in [0.1, 0.15) is 24.0 Å². The Morgan fingerprint density at radius 3 is 2.42 bits per heavy atom. The number of hydrogen-bond acceptors (Lipinski definition) is 6. The maximum Gasteiger partial charge on any atom is 0.251 e. The van der Waals surface area contributed by atoms with Crippen molar-refractivity contribution in [1.29, 1.82) is 0 Å². The van der Waals surface area contributed by atoms with E-state index in [2.05, 4.69) is 22.4 Å². The van der Waals surface area contributed by atoms with Crippen LogP contribution in [0.3, 0.4) is 0 Å². The number of nitrogens with zero attached hydrogens (tertiary/aromatic N) is 3. The molecule has 1 unspecified atom stereocenters. The van der Waals surface area contributed by atoms with Crippen molar-refractivity contribution in [2.24, 2.45) is 11.8 Å². The minimum atomic E-state index is -1.04. The molecular weight excluding hydrogens is 460 g/mol. The normalized spacial score (nSPS) is 24.4. The molecule has 3 amide bonds. The Bertz CT molecular complexity index is 1120. The van der Waals surface area contributed by atoms with Gasteiger partial charge in [-0.3, -0.25) is 14.4 Å². The molecule has 1 aromatic heterocycles. The minimum Gasteiger partial charge on any atom is -0.449 e. The second-order valence-electron chi connectivity index (χ2n) is 10.1. The quantitative estimate of drug-likeness (QED) is 0.659. The Kier molecular flexibility index (Phi) is 6.83. The molecule has 0 bridgehead atoms. The predicted octanol–water partition coefficient (Wildman–Crippen LogP) is 2.04. The average Bonchev–Trinajstić information content (AvgIpc) is 3.52. The second-order valence-corrected chi connectivity index (χ2v) is 10.1. The highest BCUT2D eigenvalue weighted by Crippen LogP contribution is 2.36. The molecule has 0 radical (unpaired) electrons. The number of aromatic nitrogens is 1. The van der Waals surface area contributed by atoms with Crippen molar-refractivity contribution in [1.82, 2.24) is 20.1 Å². The summed E-state index contributed by atoms with van der Waals surface area (Å²) in [6.45, 7) is 7.35. The minimum absolute atomic E-state index is 0.0718. The summed E-state index contributed by atoms with van der Waals surface area (Å²) in [5, 5.41) is 3.05. The van der Waals surface area contributed by atoms with Gasteiger partial charge in [0.15, 0.2) is 11.9 Å². The lowest BCUT2D eigenvalue weighted by Gasteiger charge is -2.46. The molecule has 2 saturated heterocycles. The molecule has 0 spiro atoms. The summed E-state index contributed by atoms with van der Waals surface area (Å²) in [4.78, 5) is 49.6. The monoisotopic (exact) mass is 494 g/mol. The first-order chi connectivity index (χ1) is 17.4. The molecule has 192 valence electrons. The summed E-state index contributed by atoms with van der Waals surface area (Å²) in [5.74, 6) is -0.520. The average molecular weight is 495 g/mol. The van der Waals surface area contributed by atoms with E-state index in [1.54, 1.807) is 11.8 Å². The van der Waals surface area contributed by atoms with E-state index in [0.717, 1.165) is 0 Å². The van der Waals surface area contributed by atoms with Crippen LogP contribution in [0.1, 0.15) is 49.0 Å². The number of fused-ring (bicyclic) bond motifs is 1. The first kappa shape index (κ1) is 24.5. The zero-order valence-electron chi connectivity index (χ0n) is 21.1. The molecule has 2 fully saturated rings. The number of carbonyl (C=O) groups excluding carboxylic acids is 3. The number of carbonyl (C=O) groups is 3. The molecule has 3 heterocycles. The van der Waals surface area contributed by atoms with E-state index in [1.165, 1.54) is 22.3 Å². The third kappa shape index (κ3) is 4.40. The molecular formula is C27H34N4O5. The number of hydrogen-bond donors (Lipinski definition) is 1. The number of ether oxygens (including phenoxy) is 1. The molecule has 2 aromatic rings. The first-order valence-corrected chi connectivity index (χ1v) is 12.9. The van der Waals surface area contributed by atoms with Gasteiger partial charge < -0.3 is 24.3 Å². The van der Waals surface area contributed by atoms with Gasteiger partial charge in [0, 0.05) is 20.0 Å². The fraction of sp³-hybridized carbons (Fsp3) is 0.556. The largest absolute Gasteiger partial charge is 0.449 e. The van der Waals surface area contributed by atoms with Gasteiger partial charge in [0.25, 0.3) is 5.91 Å². The molecule has 9 nitrogen and oxygen atoms in total. The third-order valence-corrected chi connectivity index (χ3v) is 7.88. The second kappa shape index (κ2) is 10.0. The summed E-state index contributed by atoms with van der Waals surface area (Å²) < 4.78 is 10.9. The highest BCUT2D eigenvalue weighted by atomic mass is 16.5. The highest BCUT2D eigenvalue weighted by molar-refractivity contribution is 6.00. The zero-order chi connectivity index (χ0) is 25.4. The summed E-state index contributed by atoms with van der Waals surface area (Å²) in [6.07, 6.45) is 3.53. The number of amides is 3. The van der Waals surface area contributed by atoms with Gasteiger partial charge >= 0.3 is 0 Å². The van der Waals surface area contributed by atoms with Crippen molar-refractivity contribution in [2.75, 3.05) is 26.3 Å². The molecule has 0 saturated carbocycles. The number of benzene rings is 1. The Hall–Kier alpha value is -3.20. The number of morpholine rings is 1. The van der Waals surface area contributed by atoms with Crippen LogP contribution in [0, 0.1) is 18.8 Å². The summed E-state index contributed by atoms with van der Waals surface area (Å²) in [6, 6.07) is 5.62. The van der Waals surface area contributed by atoms with Crippen LogP contribution < -0.4 is 5.32 Å². The molecule has 3 aliphatic rings. The van der Waals surface area contributed by atoms with Gasteiger partial charge in [-0.05, 0) is 35.8 Å². The van der Waals surface area contributed by atoms with Crippen LogP contribution in [-0.4, -0.2) is 70.9 Å². The smallest absolute Gasteiger partial charge is 0.251 e. The van der Waals surface area contributed by atoms with Gasteiger partial charge in [-0.2, -0.15) is 0 Å². The van der Waals surface area contributed by atoms with Gasteiger partial charge in [0.05, 0.1) is 13.2 Å². The lowest BCUT2D eigenvalue weighted by Crippen LogP contribution is -2.68. The van der Waals surface area contributed by atoms with E-state index in [1.807, 2.05) is 26.0 Å². The third-order valence-electron chi connectivity index (χ3n) is 7.88. The van der Waals surface area contributed by atoms with Crippen molar-refractivity contribution >= 4 is 17.7 Å². The number of oxazole rings is 1. The van der Waals surface area contributed by atoms with Crippen LogP contribution in [0.2, 0.25) is 0 Å². The Morgan fingerprint density at radius 2 is 1.83 bits per heavy atom. The molecule has 36 heavy (non-hydrogen) atoms. The molecule has 1 aliphatic carbocycles. The maximum atomic E-state index is 14.3. The van der Waals surface area contributed by atoms with E-state index >= 15 is 0 Å². The topological polar surface area (TPSA) is 105 Å². The van der Waals surface area contributed by atoms with Crippen LogP contribution in [0.4, 0.5) is 0 Å². The van der Waals surface area contributed by atoms with E-state index in [4.69, 9.17) is 9.15 Å². The van der Waals surface area contributed by atoms with Crippen LogP contribution in [-0.2, 0) is 32.0 Å². The van der Waals surface area contributed by atoms with E-state index in [0.29, 0.717) is 57.2 Å². The van der Waals surface area contributed by atoms with Gasteiger partial charge in [-0.15, -0.1) is 0 Å². The molecule has 4 atom stereocenters. The molecule has 1 N–H and O–H groups in total. The van der Waals surface area contributed by atoms with Crippen LogP contribution in [0.5, 0.6) is 0 Å². The summed E-state index contributed by atoms with van der Waals surface area (Å²) in [7, 11) is 0. The van der Waals surface area contributed by atoms with E-state index in [-0.39, 0.29) is 29.6 Å². The lowest BCUT2D eigenvalue weighted by molar-refractivity contribution is -0.163. The van der Waals surface area contributed by atoms with Crippen molar-refractivity contribution in [3.05, 3.63) is 53.2 Å². The van der Waals surface area contributed by atoms with Crippen LogP contribution in [0.25, 0.3) is 0 Å². The number of piperazine rings is 1. The molecule has 5 rings (SSSR count). The van der Waals surface area contributed by atoms with Gasteiger partial charge in [-0.25, -0.2) is 4.98 Å². The fourth-order valence-electron chi connectivity index (χ4n) is 5.77. The SMILES string of the molecule is CC[C@H](C)[C@@H]1C(=O)NC(C2Cc3ccccc3C2)C(=O)N1[C@@H](C(=O)N1CCOCC1)c1coc(C)n1. The Morgan fingerprint density at radius 1 is 1.17 bits per heavy atom. The summed E-state index contributed by atoms with van der Waals surface area (Å²) >= 11 is 0. The highest BCUT2D eigenvalue weighted by Gasteiger charge is 2.52. The van der Waals surface area contributed by atoms with E-state index < -0.39 is 18.1 Å². The van der Waals surface area contributed by atoms with Crippen molar-refractivity contribution in [3.8, 4) is 0 Å². The van der Waals surface area contributed by atoms with Gasteiger partial charge in [-0.1, -0.05) is 44.5 Å². The standard InChI is InChI=1S/C27H34N4O5/c1-4-16(2)23-25(32)29-22(20-13-18-7-5-6-8-19(18)14-20)26(33)31(23)24(21-15-36-17(3)28-21)27(34)30-9-11-35-12-10-30/h5-8,15-16,20,22-24H,4,9-14H2,1-3H3,(H,29,32)/t16-,22?,23+,24+/m0/s1. The van der Waals surface area contributed by atoms with Crippen molar-refractivity contribution in [3.63, 3.8) is 0 Å². The Labute approximate surface area is 211 Å².